The molecule has 4 rings (SSSR count). The lowest BCUT2D eigenvalue weighted by Gasteiger charge is -2.27. The molecule has 3 N–H and O–H groups in total. The molecule has 0 spiro atoms. The van der Waals surface area contributed by atoms with E-state index in [1.807, 2.05) is 37.3 Å². The SMILES string of the molecule is Cc1c(N)cccc1-c1cn([C@H]2CCC[C@H](O)C2)c2ccc(C#N)cc12. The number of nitriles is 1. The van der Waals surface area contributed by atoms with Gasteiger partial charge in [0.25, 0.3) is 0 Å². The minimum Gasteiger partial charge on any atom is -0.398 e. The second-order valence-corrected chi connectivity index (χ2v) is 7.29. The monoisotopic (exact) mass is 345 g/mol. The molecule has 1 fully saturated rings. The number of nitrogens with zero attached hydrogens (tertiary/aromatic N) is 2. The van der Waals surface area contributed by atoms with Crippen LogP contribution in [0.3, 0.4) is 0 Å². The molecule has 0 saturated heterocycles. The van der Waals surface area contributed by atoms with Crippen molar-refractivity contribution in [2.24, 2.45) is 0 Å². The first-order valence-corrected chi connectivity index (χ1v) is 9.16. The van der Waals surface area contributed by atoms with Gasteiger partial charge in [-0.15, -0.1) is 0 Å². The quantitative estimate of drug-likeness (QED) is 0.669. The Kier molecular flexibility index (Phi) is 4.18. The van der Waals surface area contributed by atoms with E-state index in [9.17, 15) is 10.4 Å². The van der Waals surface area contributed by atoms with E-state index in [4.69, 9.17) is 5.73 Å². The predicted molar refractivity (Wildman–Crippen MR) is 105 cm³/mol. The van der Waals surface area contributed by atoms with E-state index in [1.54, 1.807) is 0 Å². The highest BCUT2D eigenvalue weighted by Gasteiger charge is 2.24. The van der Waals surface area contributed by atoms with Crippen LogP contribution in [0.5, 0.6) is 0 Å². The lowest BCUT2D eigenvalue weighted by Crippen LogP contribution is -2.21. The van der Waals surface area contributed by atoms with Crippen LogP contribution in [0.2, 0.25) is 0 Å². The van der Waals surface area contributed by atoms with E-state index in [1.165, 1.54) is 0 Å². The van der Waals surface area contributed by atoms with Gasteiger partial charge in [0, 0.05) is 34.4 Å². The van der Waals surface area contributed by atoms with Crippen LogP contribution in [0.25, 0.3) is 22.0 Å². The van der Waals surface area contributed by atoms with Crippen molar-refractivity contribution < 1.29 is 5.11 Å². The summed E-state index contributed by atoms with van der Waals surface area (Å²) in [6.45, 7) is 2.03. The van der Waals surface area contributed by atoms with Crippen molar-refractivity contribution in [3.63, 3.8) is 0 Å². The number of hydrogen-bond acceptors (Lipinski definition) is 3. The smallest absolute Gasteiger partial charge is 0.0991 e. The second-order valence-electron chi connectivity index (χ2n) is 7.29. The summed E-state index contributed by atoms with van der Waals surface area (Å²) < 4.78 is 2.29. The van der Waals surface area contributed by atoms with Crippen molar-refractivity contribution in [3.8, 4) is 17.2 Å². The molecule has 0 amide bonds. The van der Waals surface area contributed by atoms with E-state index >= 15 is 0 Å². The molecule has 4 heteroatoms. The number of rotatable bonds is 2. The molecular formula is C22H23N3O. The number of fused-ring (bicyclic) bond motifs is 1. The van der Waals surface area contributed by atoms with Gasteiger partial charge in [0.05, 0.1) is 17.7 Å². The van der Waals surface area contributed by atoms with Crippen molar-refractivity contribution in [1.82, 2.24) is 4.57 Å². The summed E-state index contributed by atoms with van der Waals surface area (Å²) in [6, 6.07) is 14.4. The van der Waals surface area contributed by atoms with Gasteiger partial charge in [-0.25, -0.2) is 0 Å². The van der Waals surface area contributed by atoms with Gasteiger partial charge < -0.3 is 15.4 Å². The lowest BCUT2D eigenvalue weighted by atomic mass is 9.93. The second kappa shape index (κ2) is 6.51. The van der Waals surface area contributed by atoms with Crippen LogP contribution in [0, 0.1) is 18.3 Å². The Balaban J connectivity index is 1.95. The molecule has 1 aliphatic carbocycles. The van der Waals surface area contributed by atoms with Crippen LogP contribution in [-0.2, 0) is 0 Å². The molecule has 26 heavy (non-hydrogen) atoms. The molecule has 0 aliphatic heterocycles. The van der Waals surface area contributed by atoms with E-state index in [0.29, 0.717) is 5.56 Å². The van der Waals surface area contributed by atoms with Gasteiger partial charge in [-0.3, -0.25) is 0 Å². The lowest BCUT2D eigenvalue weighted by molar-refractivity contribution is 0.105. The van der Waals surface area contributed by atoms with Gasteiger partial charge >= 0.3 is 0 Å². The van der Waals surface area contributed by atoms with Crippen LogP contribution >= 0.6 is 0 Å². The third kappa shape index (κ3) is 2.75. The molecule has 2 aromatic carbocycles. The number of anilines is 1. The molecule has 1 saturated carbocycles. The maximum absolute atomic E-state index is 10.1. The first-order valence-electron chi connectivity index (χ1n) is 9.16. The number of nitrogens with two attached hydrogens (primary N) is 1. The summed E-state index contributed by atoms with van der Waals surface area (Å²) in [4.78, 5) is 0. The molecule has 4 nitrogen and oxygen atoms in total. The fraction of sp³-hybridized carbons (Fsp3) is 0.318. The molecule has 0 radical (unpaired) electrons. The highest BCUT2D eigenvalue weighted by Crippen LogP contribution is 2.39. The summed E-state index contributed by atoms with van der Waals surface area (Å²) in [5.74, 6) is 0. The summed E-state index contributed by atoms with van der Waals surface area (Å²) in [5.41, 5.74) is 11.9. The number of benzene rings is 2. The third-order valence-corrected chi connectivity index (χ3v) is 5.64. The summed E-state index contributed by atoms with van der Waals surface area (Å²) in [6.07, 6.45) is 5.71. The number of hydrogen-bond donors (Lipinski definition) is 2. The first kappa shape index (κ1) is 16.7. The molecule has 1 aromatic heterocycles. The zero-order valence-electron chi connectivity index (χ0n) is 14.9. The normalized spacial score (nSPS) is 20.2. The molecule has 1 aliphatic rings. The maximum Gasteiger partial charge on any atom is 0.0991 e. The van der Waals surface area contributed by atoms with Crippen molar-refractivity contribution >= 4 is 16.6 Å². The average molecular weight is 345 g/mol. The van der Waals surface area contributed by atoms with E-state index in [2.05, 4.69) is 22.9 Å². The maximum atomic E-state index is 10.1. The molecule has 2 atom stereocenters. The van der Waals surface area contributed by atoms with Gasteiger partial charge in [0.1, 0.15) is 0 Å². The summed E-state index contributed by atoms with van der Waals surface area (Å²) in [7, 11) is 0. The molecule has 1 heterocycles. The zero-order chi connectivity index (χ0) is 18.3. The van der Waals surface area contributed by atoms with Gasteiger partial charge in [-0.2, -0.15) is 5.26 Å². The van der Waals surface area contributed by atoms with Crippen LogP contribution in [0.15, 0.2) is 42.6 Å². The molecule has 3 aromatic rings. The molecule has 0 bridgehead atoms. The van der Waals surface area contributed by atoms with Crippen molar-refractivity contribution in [2.75, 3.05) is 5.73 Å². The van der Waals surface area contributed by atoms with Crippen molar-refractivity contribution in [2.45, 2.75) is 44.8 Å². The predicted octanol–water partition coefficient (Wildman–Crippen LogP) is 4.55. The number of nitrogen functional groups attached to an aromatic ring is 1. The highest BCUT2D eigenvalue weighted by atomic mass is 16.3. The van der Waals surface area contributed by atoms with Crippen LogP contribution in [0.1, 0.15) is 42.9 Å². The van der Waals surface area contributed by atoms with Gasteiger partial charge in [-0.1, -0.05) is 12.1 Å². The van der Waals surface area contributed by atoms with Crippen LogP contribution in [-0.4, -0.2) is 15.8 Å². The van der Waals surface area contributed by atoms with Crippen molar-refractivity contribution in [3.05, 3.63) is 53.7 Å². The summed E-state index contributed by atoms with van der Waals surface area (Å²) >= 11 is 0. The molecule has 132 valence electrons. The van der Waals surface area contributed by atoms with Gasteiger partial charge in [0.2, 0.25) is 0 Å². The summed E-state index contributed by atoms with van der Waals surface area (Å²) in [5, 5.41) is 20.5. The van der Waals surface area contributed by atoms with E-state index in [0.717, 1.165) is 59.0 Å². The Labute approximate surface area is 153 Å². The first-order chi connectivity index (χ1) is 12.6. The Bertz CT molecular complexity index is 1010. The van der Waals surface area contributed by atoms with Crippen molar-refractivity contribution in [1.29, 1.82) is 5.26 Å². The van der Waals surface area contributed by atoms with E-state index in [-0.39, 0.29) is 12.1 Å². The Hall–Kier alpha value is -2.77. The van der Waals surface area contributed by atoms with Gasteiger partial charge in [0.15, 0.2) is 0 Å². The molecular weight excluding hydrogens is 322 g/mol. The van der Waals surface area contributed by atoms with Gasteiger partial charge in [-0.05, 0) is 68.0 Å². The minimum atomic E-state index is -0.234. The largest absolute Gasteiger partial charge is 0.398 e. The number of aromatic nitrogens is 1. The van der Waals surface area contributed by atoms with E-state index < -0.39 is 0 Å². The highest BCUT2D eigenvalue weighted by molar-refractivity contribution is 5.98. The number of aliphatic hydroxyl groups is 1. The Morgan fingerprint density at radius 2 is 2.04 bits per heavy atom. The minimum absolute atomic E-state index is 0.234. The molecule has 0 unspecified atom stereocenters. The number of aliphatic hydroxyl groups excluding tert-OH is 1. The third-order valence-electron chi connectivity index (χ3n) is 5.64. The fourth-order valence-corrected chi connectivity index (χ4v) is 4.18. The Morgan fingerprint density at radius 3 is 2.81 bits per heavy atom. The average Bonchev–Trinajstić information content (AvgIpc) is 3.02. The van der Waals surface area contributed by atoms with Crippen LogP contribution < -0.4 is 5.73 Å². The fourth-order valence-electron chi connectivity index (χ4n) is 4.18. The zero-order valence-corrected chi connectivity index (χ0v) is 14.9. The van der Waals surface area contributed by atoms with Crippen LogP contribution in [0.4, 0.5) is 5.69 Å². The Morgan fingerprint density at radius 1 is 1.19 bits per heavy atom. The topological polar surface area (TPSA) is 75.0 Å². The standard InChI is InChI=1S/C22H23N3O/c1-14-18(6-3-7-21(14)24)20-13-25(16-4-2-5-17(26)11-16)22-9-8-15(12-23)10-19(20)22/h3,6-10,13,16-17,26H,2,4-5,11,24H2,1H3/t16-,17-/m0/s1.